The van der Waals surface area contributed by atoms with Crippen LogP contribution in [0.2, 0.25) is 0 Å². The third-order valence-electron chi connectivity index (χ3n) is 5.64. The molecule has 0 heterocycles. The Morgan fingerprint density at radius 2 is 1.24 bits per heavy atom. The smallest absolute Gasteiger partial charge is 0.243 e. The summed E-state index contributed by atoms with van der Waals surface area (Å²) < 4.78 is 0. The van der Waals surface area contributed by atoms with E-state index < -0.39 is 29.3 Å². The summed E-state index contributed by atoms with van der Waals surface area (Å²) in [5.74, 6) is -1.71. The van der Waals surface area contributed by atoms with E-state index in [9.17, 15) is 14.4 Å². The molecule has 0 aliphatic heterocycles. The zero-order valence-electron chi connectivity index (χ0n) is 18.6. The number of nitrogens with zero attached hydrogens (tertiary/aromatic N) is 1. The summed E-state index contributed by atoms with van der Waals surface area (Å²) in [4.78, 5) is 39.8. The number of benzene rings is 3. The van der Waals surface area contributed by atoms with E-state index in [0.29, 0.717) is 0 Å². The van der Waals surface area contributed by atoms with Crippen LogP contribution < -0.4 is 16.8 Å². The molecule has 0 aliphatic carbocycles. The van der Waals surface area contributed by atoms with E-state index in [1.165, 1.54) is 4.90 Å². The van der Waals surface area contributed by atoms with Crippen molar-refractivity contribution in [1.29, 1.82) is 0 Å². The minimum atomic E-state index is -1.24. The van der Waals surface area contributed by atoms with Crippen molar-refractivity contribution < 1.29 is 14.4 Å². The minimum Gasteiger partial charge on any atom is -0.368 e. The molecule has 34 heavy (non-hydrogen) atoms. The van der Waals surface area contributed by atoms with Crippen molar-refractivity contribution in [2.75, 3.05) is 18.8 Å². The maximum atomic E-state index is 13.9. The second-order valence-electron chi connectivity index (χ2n) is 7.65. The minimum absolute atomic E-state index is 0.0137. The highest BCUT2D eigenvalue weighted by Gasteiger charge is 2.48. The molecular weight excluding hydrogens is 448 g/mol. The highest BCUT2D eigenvalue weighted by atomic mass is 32.1. The topological polar surface area (TPSA) is 119 Å². The summed E-state index contributed by atoms with van der Waals surface area (Å²) >= 11 is 4.38. The average Bonchev–Trinajstić information content (AvgIpc) is 2.88. The number of amides is 3. The van der Waals surface area contributed by atoms with Crippen molar-refractivity contribution in [3.05, 3.63) is 108 Å². The van der Waals surface area contributed by atoms with Gasteiger partial charge in [0, 0.05) is 5.75 Å². The van der Waals surface area contributed by atoms with Gasteiger partial charge in [0.25, 0.3) is 0 Å². The molecule has 0 aliphatic rings. The number of thiol groups is 1. The van der Waals surface area contributed by atoms with E-state index >= 15 is 0 Å². The molecule has 0 fully saturated rings. The average molecular weight is 477 g/mol. The highest BCUT2D eigenvalue weighted by Crippen LogP contribution is 2.43. The third kappa shape index (κ3) is 4.98. The Kier molecular flexibility index (Phi) is 8.45. The summed E-state index contributed by atoms with van der Waals surface area (Å²) in [6, 6.07) is 27.2. The lowest BCUT2D eigenvalue weighted by Gasteiger charge is -2.48. The van der Waals surface area contributed by atoms with Crippen LogP contribution in [0.4, 0.5) is 0 Å². The van der Waals surface area contributed by atoms with Gasteiger partial charge in [-0.1, -0.05) is 91.0 Å². The predicted octanol–water partition coefficient (Wildman–Crippen LogP) is 1.67. The lowest BCUT2D eigenvalue weighted by atomic mass is 9.74. The van der Waals surface area contributed by atoms with E-state index in [1.54, 1.807) is 0 Å². The van der Waals surface area contributed by atoms with Crippen molar-refractivity contribution in [3.8, 4) is 0 Å². The van der Waals surface area contributed by atoms with Gasteiger partial charge in [-0.15, -0.1) is 0 Å². The molecule has 176 valence electrons. The van der Waals surface area contributed by atoms with Crippen LogP contribution in [-0.2, 0) is 19.9 Å². The van der Waals surface area contributed by atoms with Gasteiger partial charge in [-0.3, -0.25) is 14.4 Å². The van der Waals surface area contributed by atoms with Gasteiger partial charge in [-0.2, -0.15) is 12.6 Å². The van der Waals surface area contributed by atoms with Crippen LogP contribution in [0.15, 0.2) is 91.0 Å². The molecule has 3 amide bonds. The summed E-state index contributed by atoms with van der Waals surface area (Å²) in [6.07, 6.45) is 0. The van der Waals surface area contributed by atoms with Crippen LogP contribution in [-0.4, -0.2) is 47.5 Å². The fourth-order valence-corrected chi connectivity index (χ4v) is 4.52. The fraction of sp³-hybridized carbons (Fsp3) is 0.192. The number of hydrogen-bond donors (Lipinski definition) is 4. The Balaban J connectivity index is 2.39. The first-order chi connectivity index (χ1) is 16.5. The largest absolute Gasteiger partial charge is 0.368 e. The number of rotatable bonds is 10. The van der Waals surface area contributed by atoms with Crippen molar-refractivity contribution in [2.24, 2.45) is 11.5 Å². The van der Waals surface area contributed by atoms with Crippen molar-refractivity contribution >= 4 is 30.4 Å². The fourth-order valence-electron chi connectivity index (χ4n) is 4.18. The quantitative estimate of drug-likeness (QED) is 0.263. The van der Waals surface area contributed by atoms with Gasteiger partial charge >= 0.3 is 0 Å². The number of nitrogens with two attached hydrogens (primary N) is 2. The van der Waals surface area contributed by atoms with Gasteiger partial charge in [0.1, 0.15) is 11.6 Å². The van der Waals surface area contributed by atoms with Gasteiger partial charge in [0.15, 0.2) is 0 Å². The number of carbonyl (C=O) groups is 3. The Labute approximate surface area is 204 Å². The maximum Gasteiger partial charge on any atom is 0.243 e. The molecule has 3 rings (SSSR count). The normalized spacial score (nSPS) is 11.9. The number of nitrogens with one attached hydrogen (secondary N) is 1. The number of primary amides is 1. The summed E-state index contributed by atoms with van der Waals surface area (Å²) in [7, 11) is 0. The van der Waals surface area contributed by atoms with E-state index in [-0.39, 0.29) is 18.8 Å². The highest BCUT2D eigenvalue weighted by molar-refractivity contribution is 7.80. The van der Waals surface area contributed by atoms with Crippen molar-refractivity contribution in [3.63, 3.8) is 0 Å². The third-order valence-corrected chi connectivity index (χ3v) is 5.99. The molecule has 5 N–H and O–H groups in total. The zero-order chi connectivity index (χ0) is 24.6. The standard InChI is InChI=1S/C26H28N4O3S/c27-16-23(31)29-17-24(32)30(22(18-34)25(28)33)26(19-10-4-1-5-11-19,20-12-6-2-7-13-20)21-14-8-3-9-15-21/h1-15,22,34H,16-18,27H2,(H2,28,33)(H,29,31). The summed E-state index contributed by atoms with van der Waals surface area (Å²) in [5, 5.41) is 2.52. The molecule has 0 saturated heterocycles. The van der Waals surface area contributed by atoms with Crippen LogP contribution in [0.1, 0.15) is 16.7 Å². The maximum absolute atomic E-state index is 13.9. The van der Waals surface area contributed by atoms with Crippen LogP contribution in [0, 0.1) is 0 Å². The first kappa shape index (κ1) is 25.0. The van der Waals surface area contributed by atoms with Gasteiger partial charge in [0.2, 0.25) is 17.7 Å². The lowest BCUT2D eigenvalue weighted by Crippen LogP contribution is -2.62. The molecule has 3 aromatic rings. The van der Waals surface area contributed by atoms with Crippen LogP contribution in [0.5, 0.6) is 0 Å². The van der Waals surface area contributed by atoms with Crippen molar-refractivity contribution in [1.82, 2.24) is 10.2 Å². The molecule has 0 bridgehead atoms. The van der Waals surface area contributed by atoms with E-state index in [2.05, 4.69) is 17.9 Å². The van der Waals surface area contributed by atoms with E-state index in [1.807, 2.05) is 91.0 Å². The van der Waals surface area contributed by atoms with Crippen molar-refractivity contribution in [2.45, 2.75) is 11.6 Å². The molecule has 0 aromatic heterocycles. The molecule has 3 aromatic carbocycles. The van der Waals surface area contributed by atoms with E-state index in [0.717, 1.165) is 16.7 Å². The van der Waals surface area contributed by atoms with E-state index in [4.69, 9.17) is 11.5 Å². The first-order valence-electron chi connectivity index (χ1n) is 10.8. The molecule has 1 atom stereocenters. The van der Waals surface area contributed by atoms with Crippen LogP contribution >= 0.6 is 12.6 Å². The summed E-state index contributed by atoms with van der Waals surface area (Å²) in [5.41, 5.74) is 12.2. The second kappa shape index (κ2) is 11.5. The van der Waals surface area contributed by atoms with Gasteiger partial charge in [0.05, 0.1) is 13.1 Å². The van der Waals surface area contributed by atoms with Gasteiger partial charge in [-0.05, 0) is 16.7 Å². The second-order valence-corrected chi connectivity index (χ2v) is 8.02. The molecular formula is C26H28N4O3S. The Morgan fingerprint density at radius 1 is 0.824 bits per heavy atom. The predicted molar refractivity (Wildman–Crippen MR) is 135 cm³/mol. The zero-order valence-corrected chi connectivity index (χ0v) is 19.5. The molecule has 1 unspecified atom stereocenters. The molecule has 7 nitrogen and oxygen atoms in total. The lowest BCUT2D eigenvalue weighted by molar-refractivity contribution is -0.143. The SMILES string of the molecule is NCC(=O)NCC(=O)N(C(CS)C(N)=O)C(c1ccccc1)(c1ccccc1)c1ccccc1. The summed E-state index contributed by atoms with van der Waals surface area (Å²) in [6.45, 7) is -0.623. The van der Waals surface area contributed by atoms with Crippen LogP contribution in [0.3, 0.4) is 0 Å². The molecule has 8 heteroatoms. The molecule has 0 radical (unpaired) electrons. The Bertz CT molecular complexity index is 1010. The number of carbonyl (C=O) groups excluding carboxylic acids is 3. The van der Waals surface area contributed by atoms with Gasteiger partial charge < -0.3 is 21.7 Å². The van der Waals surface area contributed by atoms with Crippen LogP contribution in [0.25, 0.3) is 0 Å². The molecule has 0 spiro atoms. The monoisotopic (exact) mass is 476 g/mol. The van der Waals surface area contributed by atoms with Gasteiger partial charge in [-0.25, -0.2) is 0 Å². The molecule has 0 saturated carbocycles. The Morgan fingerprint density at radius 3 is 1.56 bits per heavy atom. The Hall–Kier alpha value is -3.62. The number of hydrogen-bond acceptors (Lipinski definition) is 5. The first-order valence-corrected chi connectivity index (χ1v) is 11.5.